The Labute approximate surface area is 131 Å². The van der Waals surface area contributed by atoms with E-state index in [-0.39, 0.29) is 36.3 Å². The van der Waals surface area contributed by atoms with Crippen molar-refractivity contribution in [3.63, 3.8) is 0 Å². The first-order valence-corrected chi connectivity index (χ1v) is 7.20. The zero-order valence-corrected chi connectivity index (χ0v) is 13.3. The molecule has 7 heteroatoms. The highest BCUT2D eigenvalue weighted by atomic mass is 35.5. The van der Waals surface area contributed by atoms with Crippen molar-refractivity contribution in [3.05, 3.63) is 18.0 Å². The summed E-state index contributed by atoms with van der Waals surface area (Å²) in [6, 6.07) is 0. The summed E-state index contributed by atoms with van der Waals surface area (Å²) in [7, 11) is 3.63. The highest BCUT2D eigenvalue weighted by molar-refractivity contribution is 5.85. The van der Waals surface area contributed by atoms with Gasteiger partial charge in [0.2, 0.25) is 5.91 Å². The minimum Gasteiger partial charge on any atom is -0.380 e. The van der Waals surface area contributed by atoms with Gasteiger partial charge < -0.3 is 15.0 Å². The predicted molar refractivity (Wildman–Crippen MR) is 81.6 cm³/mol. The summed E-state index contributed by atoms with van der Waals surface area (Å²) in [6.07, 6.45) is 5.03. The maximum absolute atomic E-state index is 12.7. The van der Waals surface area contributed by atoms with Crippen molar-refractivity contribution in [2.45, 2.75) is 18.4 Å². The van der Waals surface area contributed by atoms with Gasteiger partial charge in [-0.3, -0.25) is 9.48 Å². The van der Waals surface area contributed by atoms with E-state index in [1.54, 1.807) is 11.8 Å². The molecule has 0 radical (unpaired) electrons. The molecule has 0 unspecified atom stereocenters. The molecular formula is C14H23ClN4O2. The summed E-state index contributed by atoms with van der Waals surface area (Å²) < 4.78 is 7.14. The van der Waals surface area contributed by atoms with Crippen molar-refractivity contribution in [1.82, 2.24) is 20.0 Å². The normalized spacial score (nSPS) is 28.7. The lowest BCUT2D eigenvalue weighted by atomic mass is 9.90. The fourth-order valence-electron chi connectivity index (χ4n) is 3.28. The van der Waals surface area contributed by atoms with E-state index in [9.17, 15) is 4.79 Å². The SMILES string of the molecule is CO[C@H]1CCN(C(=O)[C@H]2CNC[C@@H]2c2cnn(C)c2)C1.Cl. The van der Waals surface area contributed by atoms with Crippen LogP contribution in [0.3, 0.4) is 0 Å². The standard InChI is InChI=1S/C14H22N4O2.ClH/c1-17-8-10(5-16-17)12-6-15-7-13(12)14(19)18-4-3-11(9-18)20-2;/h5,8,11-13,15H,3-4,6-7,9H2,1-2H3;1H/t11-,12+,13-;/m0./s1. The molecule has 6 nitrogen and oxygen atoms in total. The molecule has 1 N–H and O–H groups in total. The van der Waals surface area contributed by atoms with Gasteiger partial charge in [0.25, 0.3) is 0 Å². The van der Waals surface area contributed by atoms with E-state index in [1.807, 2.05) is 24.3 Å². The van der Waals surface area contributed by atoms with E-state index < -0.39 is 0 Å². The monoisotopic (exact) mass is 314 g/mol. The Hall–Kier alpha value is -1.11. The number of aromatic nitrogens is 2. The molecule has 2 fully saturated rings. The van der Waals surface area contributed by atoms with Crippen LogP contribution in [-0.4, -0.2) is 60.0 Å². The number of nitrogens with one attached hydrogen (secondary N) is 1. The minimum atomic E-state index is 0. The number of carbonyl (C=O) groups excluding carboxylic acids is 1. The Kier molecular flexibility index (Phi) is 5.24. The maximum Gasteiger partial charge on any atom is 0.227 e. The Morgan fingerprint density at radius 3 is 2.90 bits per heavy atom. The number of carbonyl (C=O) groups is 1. The minimum absolute atomic E-state index is 0. The molecule has 0 spiro atoms. The van der Waals surface area contributed by atoms with Gasteiger partial charge in [-0.05, 0) is 12.0 Å². The number of halogens is 1. The highest BCUT2D eigenvalue weighted by Gasteiger charge is 2.39. The first-order chi connectivity index (χ1) is 9.69. The Morgan fingerprint density at radius 2 is 2.29 bits per heavy atom. The zero-order chi connectivity index (χ0) is 14.1. The summed E-state index contributed by atoms with van der Waals surface area (Å²) in [5.74, 6) is 0.510. The Bertz CT molecular complexity index is 493. The van der Waals surface area contributed by atoms with Crippen LogP contribution in [0.5, 0.6) is 0 Å². The Balaban J connectivity index is 0.00000161. The van der Waals surface area contributed by atoms with E-state index in [1.165, 1.54) is 0 Å². The largest absolute Gasteiger partial charge is 0.380 e. The van der Waals surface area contributed by atoms with Crippen LogP contribution in [0, 0.1) is 5.92 Å². The van der Waals surface area contributed by atoms with Crippen molar-refractivity contribution in [3.8, 4) is 0 Å². The van der Waals surface area contributed by atoms with Crippen molar-refractivity contribution in [2.75, 3.05) is 33.3 Å². The van der Waals surface area contributed by atoms with E-state index in [0.717, 1.165) is 38.2 Å². The van der Waals surface area contributed by atoms with Gasteiger partial charge in [0.05, 0.1) is 18.2 Å². The summed E-state index contributed by atoms with van der Waals surface area (Å²) in [5, 5.41) is 7.57. The number of hydrogen-bond donors (Lipinski definition) is 1. The number of rotatable bonds is 3. The molecule has 2 saturated heterocycles. The first kappa shape index (κ1) is 16.3. The van der Waals surface area contributed by atoms with Gasteiger partial charge in [0.1, 0.15) is 0 Å². The average molecular weight is 315 g/mol. The van der Waals surface area contributed by atoms with Crippen LogP contribution in [0.4, 0.5) is 0 Å². The molecule has 3 atom stereocenters. The molecule has 21 heavy (non-hydrogen) atoms. The van der Waals surface area contributed by atoms with Crippen LogP contribution < -0.4 is 5.32 Å². The lowest BCUT2D eigenvalue weighted by Crippen LogP contribution is -2.37. The lowest BCUT2D eigenvalue weighted by molar-refractivity contribution is -0.134. The van der Waals surface area contributed by atoms with Gasteiger partial charge >= 0.3 is 0 Å². The van der Waals surface area contributed by atoms with Gasteiger partial charge in [-0.1, -0.05) is 0 Å². The number of likely N-dealkylation sites (tertiary alicyclic amines) is 1. The second-order valence-electron chi connectivity index (χ2n) is 5.75. The second kappa shape index (κ2) is 6.77. The molecule has 118 valence electrons. The van der Waals surface area contributed by atoms with Gasteiger partial charge in [-0.15, -0.1) is 12.4 Å². The predicted octanol–water partition coefficient (Wildman–Crippen LogP) is 0.392. The lowest BCUT2D eigenvalue weighted by Gasteiger charge is -2.23. The van der Waals surface area contributed by atoms with Crippen molar-refractivity contribution in [2.24, 2.45) is 13.0 Å². The van der Waals surface area contributed by atoms with Gasteiger partial charge in [-0.25, -0.2) is 0 Å². The van der Waals surface area contributed by atoms with E-state index in [0.29, 0.717) is 0 Å². The van der Waals surface area contributed by atoms with Crippen molar-refractivity contribution >= 4 is 18.3 Å². The number of aryl methyl sites for hydroxylation is 1. The van der Waals surface area contributed by atoms with E-state index >= 15 is 0 Å². The molecule has 1 amide bonds. The number of amides is 1. The molecule has 0 aromatic carbocycles. The quantitative estimate of drug-likeness (QED) is 0.877. The third-order valence-corrected chi connectivity index (χ3v) is 4.47. The molecule has 1 aromatic heterocycles. The number of methoxy groups -OCH3 is 1. The van der Waals surface area contributed by atoms with Crippen molar-refractivity contribution in [1.29, 1.82) is 0 Å². The van der Waals surface area contributed by atoms with Crippen LogP contribution in [0.25, 0.3) is 0 Å². The van der Waals surface area contributed by atoms with Crippen LogP contribution >= 0.6 is 12.4 Å². The summed E-state index contributed by atoms with van der Waals surface area (Å²) >= 11 is 0. The highest BCUT2D eigenvalue weighted by Crippen LogP contribution is 2.30. The molecule has 3 rings (SSSR count). The van der Waals surface area contributed by atoms with Crippen LogP contribution in [0.15, 0.2) is 12.4 Å². The molecule has 2 aliphatic heterocycles. The average Bonchev–Trinajstić information content (AvgIpc) is 3.17. The molecule has 0 bridgehead atoms. The molecular weight excluding hydrogens is 292 g/mol. The Morgan fingerprint density at radius 1 is 1.48 bits per heavy atom. The van der Waals surface area contributed by atoms with Gasteiger partial charge in [0.15, 0.2) is 0 Å². The zero-order valence-electron chi connectivity index (χ0n) is 12.5. The fourth-order valence-corrected chi connectivity index (χ4v) is 3.28. The molecule has 3 heterocycles. The summed E-state index contributed by atoms with van der Waals surface area (Å²) in [6.45, 7) is 3.15. The summed E-state index contributed by atoms with van der Waals surface area (Å²) in [4.78, 5) is 14.7. The second-order valence-corrected chi connectivity index (χ2v) is 5.75. The molecule has 0 aliphatic carbocycles. The van der Waals surface area contributed by atoms with Crippen LogP contribution in [0.2, 0.25) is 0 Å². The van der Waals surface area contributed by atoms with Crippen LogP contribution in [-0.2, 0) is 16.6 Å². The summed E-state index contributed by atoms with van der Waals surface area (Å²) in [5.41, 5.74) is 1.15. The molecule has 1 aromatic rings. The maximum atomic E-state index is 12.7. The molecule has 0 saturated carbocycles. The van der Waals surface area contributed by atoms with Gasteiger partial charge in [0, 0.05) is 52.5 Å². The van der Waals surface area contributed by atoms with E-state index in [2.05, 4.69) is 10.4 Å². The molecule has 2 aliphatic rings. The number of ether oxygens (including phenoxy) is 1. The fraction of sp³-hybridized carbons (Fsp3) is 0.714. The van der Waals surface area contributed by atoms with Gasteiger partial charge in [-0.2, -0.15) is 5.10 Å². The van der Waals surface area contributed by atoms with Crippen molar-refractivity contribution < 1.29 is 9.53 Å². The third kappa shape index (κ3) is 3.22. The smallest absolute Gasteiger partial charge is 0.227 e. The van der Waals surface area contributed by atoms with E-state index in [4.69, 9.17) is 4.74 Å². The number of hydrogen-bond acceptors (Lipinski definition) is 4. The first-order valence-electron chi connectivity index (χ1n) is 7.20. The topological polar surface area (TPSA) is 59.4 Å². The number of nitrogens with zero attached hydrogens (tertiary/aromatic N) is 3. The third-order valence-electron chi connectivity index (χ3n) is 4.47. The van der Waals surface area contributed by atoms with Crippen LogP contribution in [0.1, 0.15) is 17.9 Å².